The van der Waals surface area contributed by atoms with Gasteiger partial charge in [-0.15, -0.1) is 0 Å². The van der Waals surface area contributed by atoms with Crippen molar-refractivity contribution in [2.45, 2.75) is 0 Å². The van der Waals surface area contributed by atoms with Crippen molar-refractivity contribution in [2.75, 3.05) is 0 Å². The van der Waals surface area contributed by atoms with Gasteiger partial charge in [-0.2, -0.15) is 0 Å². The molecule has 0 saturated carbocycles. The van der Waals surface area contributed by atoms with E-state index in [1.165, 1.54) is 0 Å². The Morgan fingerprint density at radius 2 is 1.20 bits per heavy atom. The summed E-state index contributed by atoms with van der Waals surface area (Å²) in [6.45, 7) is 0. The normalized spacial score (nSPS) is 1.00. The van der Waals surface area contributed by atoms with Crippen molar-refractivity contribution >= 4 is 0 Å². The van der Waals surface area contributed by atoms with E-state index >= 15 is 0 Å². The van der Waals surface area contributed by atoms with Crippen LogP contribution >= 0.6 is 0 Å². The average Bonchev–Trinajstić information content (AvgIpc) is 1.00. The first kappa shape index (κ1) is 26.8. The van der Waals surface area contributed by atoms with Crippen LogP contribution < -0.4 is 0 Å². The molecule has 0 amide bonds. The van der Waals surface area contributed by atoms with Gasteiger partial charge in [0.1, 0.15) is 0 Å². The molecule has 0 aliphatic heterocycles. The zero-order valence-corrected chi connectivity index (χ0v) is 9.29. The van der Waals surface area contributed by atoms with Crippen molar-refractivity contribution in [2.24, 2.45) is 0 Å². The van der Waals surface area contributed by atoms with E-state index < -0.39 is 0 Å². The van der Waals surface area contributed by atoms with Gasteiger partial charge in [0.2, 0.25) is 0 Å². The van der Waals surface area contributed by atoms with Crippen LogP contribution in [0.3, 0.4) is 0 Å². The van der Waals surface area contributed by atoms with Crippen LogP contribution in [0.5, 0.6) is 0 Å². The van der Waals surface area contributed by atoms with Crippen LogP contribution in [0.1, 0.15) is 0 Å². The Bertz CT molecular complexity index is 11.6. The van der Waals surface area contributed by atoms with Crippen molar-refractivity contribution in [1.29, 1.82) is 0 Å². The van der Waals surface area contributed by atoms with Crippen LogP contribution in [-0.4, -0.2) is 0 Å². The predicted molar refractivity (Wildman–Crippen MR) is 0.686 cm³/mol. The third-order valence-corrected chi connectivity index (χ3v) is 0. The molecule has 0 bridgehead atoms. The van der Waals surface area contributed by atoms with E-state index in [1.54, 1.807) is 0 Å². The van der Waals surface area contributed by atoms with Gasteiger partial charge in [-0.05, 0) is 0 Å². The van der Waals surface area contributed by atoms with Gasteiger partial charge in [0.15, 0.2) is 0 Å². The third-order valence-electron chi connectivity index (χ3n) is 0. The van der Waals surface area contributed by atoms with Crippen molar-refractivity contribution in [3.05, 3.63) is 0 Å². The summed E-state index contributed by atoms with van der Waals surface area (Å²) < 4.78 is 8.00. The molecule has 0 unspecified atom stereocenters. The van der Waals surface area contributed by atoms with Crippen LogP contribution in [0, 0.1) is 0 Å². The van der Waals surface area contributed by atoms with Gasteiger partial charge in [-0.25, -0.2) is 0 Å². The zero-order chi connectivity index (χ0) is 2.00. The second kappa shape index (κ2) is 34.1. The molecule has 0 rings (SSSR count). The summed E-state index contributed by atoms with van der Waals surface area (Å²) in [6, 6.07) is 0. The molecule has 0 atom stereocenters. The van der Waals surface area contributed by atoms with Gasteiger partial charge in [0, 0.05) is 60.6 Å². The van der Waals surface area contributed by atoms with Crippen LogP contribution in [0.25, 0.3) is 0 Å². The number of rotatable bonds is 0. The molecule has 0 aliphatic carbocycles. The molecule has 5 heavy (non-hydrogen) atoms. The molecule has 0 N–H and O–H groups in total. The molecule has 1 radical (unpaired) electrons. The van der Waals surface area contributed by atoms with Gasteiger partial charge in [-0.1, -0.05) is 0 Å². The first-order chi connectivity index (χ1) is 1.00. The molecule has 35 valence electrons. The molecule has 0 heterocycles. The Morgan fingerprint density at radius 1 is 1.20 bits per heavy atom. The Hall–Kier alpha value is 2.24. The summed E-state index contributed by atoms with van der Waals surface area (Å²) in [5.74, 6) is 0. The van der Waals surface area contributed by atoms with Crippen molar-refractivity contribution in [3.63, 3.8) is 0 Å². The van der Waals surface area contributed by atoms with Gasteiger partial charge < -0.3 is 0 Å². The van der Waals surface area contributed by atoms with Crippen LogP contribution in [-0.2, 0) is 80.3 Å². The quantitative estimate of drug-likeness (QED) is 0.570. The fraction of sp³-hybridized carbons (Fsp3) is 0. The first-order valence-corrected chi connectivity index (χ1v) is 0.595. The summed E-state index contributed by atoms with van der Waals surface area (Å²) in [6.07, 6.45) is 0. The number of hydrogen-bond donors (Lipinski definition) is 0. The van der Waals surface area contributed by atoms with E-state index in [9.17, 15) is 0 Å². The van der Waals surface area contributed by atoms with Gasteiger partial charge in [0.25, 0.3) is 0 Å². The molecule has 0 aromatic rings. The second-order valence-corrected chi connectivity index (χ2v) is 0. The standard InChI is InChI=1S/Cd.Co.Fe.Ni.O. The number of hydrogen-bond acceptors (Lipinski definition) is 1. The Balaban J connectivity index is -0.00000000167. The predicted octanol–water partition coefficient (Wildman–Crippen LogP) is -0.129. The fourth-order valence-corrected chi connectivity index (χ4v) is 0. The SMILES string of the molecule is [Cd].[Co].[Ni].[O]=[Fe]. The maximum atomic E-state index is 8.00. The third kappa shape index (κ3) is 22.3. The molecule has 0 saturated heterocycles. The molecule has 0 aliphatic rings. The minimum atomic E-state index is 0. The van der Waals surface area contributed by atoms with Crippen LogP contribution in [0.4, 0.5) is 0 Å². The summed E-state index contributed by atoms with van der Waals surface area (Å²) in [5.41, 5.74) is 0. The molecular weight excluding hydrogens is 302 g/mol. The van der Waals surface area contributed by atoms with Gasteiger partial charge in [-0.3, -0.25) is 0 Å². The topological polar surface area (TPSA) is 17.1 Å². The summed E-state index contributed by atoms with van der Waals surface area (Å²) >= 11 is 2.00. The summed E-state index contributed by atoms with van der Waals surface area (Å²) in [7, 11) is 0. The molecule has 0 fully saturated rings. The van der Waals surface area contributed by atoms with Crippen molar-refractivity contribution < 1.29 is 80.3 Å². The Kier molecular flexibility index (Phi) is 183. The van der Waals surface area contributed by atoms with Gasteiger partial charge in [0.05, 0.1) is 0 Å². The fourth-order valence-electron chi connectivity index (χ4n) is 0. The van der Waals surface area contributed by atoms with Crippen molar-refractivity contribution in [1.82, 2.24) is 0 Å². The molecule has 0 spiro atoms. The zero-order valence-electron chi connectivity index (χ0n) is 2.12. The van der Waals surface area contributed by atoms with Crippen LogP contribution in [0.2, 0.25) is 0 Å². The molecule has 0 aromatic carbocycles. The average molecular weight is 302 g/mol. The second-order valence-electron chi connectivity index (χ2n) is 0. The monoisotopic (exact) mass is 303 g/mol. The van der Waals surface area contributed by atoms with E-state index in [2.05, 4.69) is 0 Å². The Labute approximate surface area is 79.3 Å². The summed E-state index contributed by atoms with van der Waals surface area (Å²) in [5, 5.41) is 0. The maximum absolute atomic E-state index is 8.00. The van der Waals surface area contributed by atoms with E-state index in [0.717, 1.165) is 0 Å². The van der Waals surface area contributed by atoms with Gasteiger partial charge >= 0.3 is 19.8 Å². The van der Waals surface area contributed by atoms with E-state index in [4.69, 9.17) is 3.83 Å². The molecule has 5 heteroatoms. The summed E-state index contributed by atoms with van der Waals surface area (Å²) in [4.78, 5) is 0. The van der Waals surface area contributed by atoms with E-state index in [1.807, 2.05) is 15.9 Å². The molecule has 1 nitrogen and oxygen atoms in total. The first-order valence-electron chi connectivity index (χ1n) is 0.144. The Morgan fingerprint density at radius 3 is 1.20 bits per heavy atom. The van der Waals surface area contributed by atoms with Crippen molar-refractivity contribution in [3.8, 4) is 0 Å². The molecule has 0 aromatic heterocycles. The van der Waals surface area contributed by atoms with Crippen LogP contribution in [0.15, 0.2) is 0 Å². The van der Waals surface area contributed by atoms with E-state index in [0.29, 0.717) is 0 Å². The van der Waals surface area contributed by atoms with E-state index in [-0.39, 0.29) is 60.6 Å². The minimum absolute atomic E-state index is 0. The molecular formula is CdCoFeNiO.